The molecule has 2 aromatic rings. The van der Waals surface area contributed by atoms with E-state index in [-0.39, 0.29) is 0 Å². The quantitative estimate of drug-likeness (QED) is 0.817. The largest absolute Gasteiger partial charge is 0.496 e. The first-order valence-corrected chi connectivity index (χ1v) is 8.46. The number of benzene rings is 1. The second-order valence-corrected chi connectivity index (χ2v) is 6.12. The summed E-state index contributed by atoms with van der Waals surface area (Å²) < 4.78 is 5.50. The maximum absolute atomic E-state index is 5.50. The lowest BCUT2D eigenvalue weighted by atomic mass is 10.1. The van der Waals surface area contributed by atoms with E-state index in [9.17, 15) is 0 Å². The first kappa shape index (κ1) is 16.4. The Morgan fingerprint density at radius 2 is 2.21 bits per heavy atom. The van der Waals surface area contributed by atoms with Gasteiger partial charge in [-0.15, -0.1) is 10.2 Å². The number of nitrogens with two attached hydrogens (primary N) is 1. The van der Waals surface area contributed by atoms with Crippen molar-refractivity contribution in [3.63, 3.8) is 0 Å². The zero-order valence-corrected chi connectivity index (χ0v) is 14.2. The lowest BCUT2D eigenvalue weighted by Gasteiger charge is -2.10. The number of hydrogen-bond donors (Lipinski definition) is 2. The molecule has 0 radical (unpaired) electrons. The first-order chi connectivity index (χ1) is 11.8. The van der Waals surface area contributed by atoms with Crippen LogP contribution in [0.15, 0.2) is 41.5 Å². The van der Waals surface area contributed by atoms with E-state index < -0.39 is 0 Å². The Morgan fingerprint density at radius 3 is 2.96 bits per heavy atom. The van der Waals surface area contributed by atoms with E-state index in [1.54, 1.807) is 30.7 Å². The second-order valence-electron chi connectivity index (χ2n) is 5.14. The lowest BCUT2D eigenvalue weighted by Crippen LogP contribution is -2.19. The molecular formula is C17H19N5OS. The third-order valence-electron chi connectivity index (χ3n) is 3.60. The molecule has 0 atom stereocenters. The Balaban J connectivity index is 1.89. The minimum atomic E-state index is 0.725. The zero-order chi connectivity index (χ0) is 16.8. The van der Waals surface area contributed by atoms with Crippen molar-refractivity contribution in [3.8, 4) is 16.3 Å². The van der Waals surface area contributed by atoms with Crippen molar-refractivity contribution in [1.82, 2.24) is 15.5 Å². The maximum Gasteiger partial charge on any atom is 0.151 e. The number of aliphatic imine (C=N–C) groups is 1. The van der Waals surface area contributed by atoms with Gasteiger partial charge in [-0.2, -0.15) is 0 Å². The molecule has 0 aliphatic carbocycles. The molecule has 124 valence electrons. The molecule has 0 bridgehead atoms. The number of rotatable bonds is 5. The van der Waals surface area contributed by atoms with E-state index in [1.807, 2.05) is 18.2 Å². The van der Waals surface area contributed by atoms with Gasteiger partial charge in [0.2, 0.25) is 0 Å². The number of allylic oxidation sites excluding steroid dienone is 1. The first-order valence-electron chi connectivity index (χ1n) is 7.65. The minimum absolute atomic E-state index is 0.725. The fourth-order valence-corrected chi connectivity index (χ4v) is 3.34. The van der Waals surface area contributed by atoms with E-state index in [2.05, 4.69) is 26.6 Å². The molecule has 3 N–H and O–H groups in total. The summed E-state index contributed by atoms with van der Waals surface area (Å²) in [5, 5.41) is 13.8. The number of hydrogen-bond acceptors (Lipinski definition) is 7. The highest BCUT2D eigenvalue weighted by molar-refractivity contribution is 7.15. The molecule has 0 amide bonds. The van der Waals surface area contributed by atoms with Crippen LogP contribution in [0.5, 0.6) is 5.75 Å². The second kappa shape index (κ2) is 7.85. The number of ether oxygens (including phenoxy) is 1. The van der Waals surface area contributed by atoms with Gasteiger partial charge in [0.25, 0.3) is 0 Å². The van der Waals surface area contributed by atoms with Crippen LogP contribution in [0.25, 0.3) is 16.1 Å². The van der Waals surface area contributed by atoms with Crippen molar-refractivity contribution >= 4 is 28.8 Å². The fourth-order valence-electron chi connectivity index (χ4n) is 2.39. The maximum atomic E-state index is 5.50. The molecule has 7 heteroatoms. The lowest BCUT2D eigenvalue weighted by molar-refractivity contribution is 0.416. The SMILES string of the molecule is COc1cc(N=CC=CN)ccc1-c1nnc(C2=CCNCC2)s1. The molecule has 0 unspecified atom stereocenters. The van der Waals surface area contributed by atoms with Gasteiger partial charge in [-0.3, -0.25) is 4.99 Å². The van der Waals surface area contributed by atoms with Crippen LogP contribution < -0.4 is 15.8 Å². The number of methoxy groups -OCH3 is 1. The molecule has 0 saturated heterocycles. The van der Waals surface area contributed by atoms with Gasteiger partial charge in [0.05, 0.1) is 18.4 Å². The van der Waals surface area contributed by atoms with Gasteiger partial charge in [0.1, 0.15) is 10.8 Å². The predicted molar refractivity (Wildman–Crippen MR) is 98.8 cm³/mol. The van der Waals surface area contributed by atoms with Crippen LogP contribution in [0.3, 0.4) is 0 Å². The molecule has 0 fully saturated rings. The van der Waals surface area contributed by atoms with Crippen LogP contribution in [0, 0.1) is 0 Å². The van der Waals surface area contributed by atoms with Crippen molar-refractivity contribution in [2.75, 3.05) is 20.2 Å². The van der Waals surface area contributed by atoms with Gasteiger partial charge in [-0.25, -0.2) is 0 Å². The summed E-state index contributed by atoms with van der Waals surface area (Å²) in [6, 6.07) is 5.75. The standard InChI is InChI=1S/C17H19N5OS/c1-23-15-11-13(20-8-2-7-18)3-4-14(15)17-22-21-16(24-17)12-5-9-19-10-6-12/h2-5,7-8,11,19H,6,9-10,18H2,1H3. The van der Waals surface area contributed by atoms with Crippen LogP contribution >= 0.6 is 11.3 Å². The molecule has 1 aromatic carbocycles. The summed E-state index contributed by atoms with van der Waals surface area (Å²) in [5.41, 5.74) is 8.26. The molecule has 2 heterocycles. The van der Waals surface area contributed by atoms with E-state index in [4.69, 9.17) is 10.5 Å². The average Bonchev–Trinajstić information content (AvgIpc) is 3.12. The zero-order valence-electron chi connectivity index (χ0n) is 13.4. The van der Waals surface area contributed by atoms with Gasteiger partial charge >= 0.3 is 0 Å². The van der Waals surface area contributed by atoms with Gasteiger partial charge in [-0.1, -0.05) is 17.4 Å². The third-order valence-corrected chi connectivity index (χ3v) is 4.63. The molecule has 0 saturated carbocycles. The molecule has 24 heavy (non-hydrogen) atoms. The molecule has 3 rings (SSSR count). The van der Waals surface area contributed by atoms with Crippen molar-refractivity contribution in [1.29, 1.82) is 0 Å². The molecule has 0 spiro atoms. The minimum Gasteiger partial charge on any atom is -0.496 e. The van der Waals surface area contributed by atoms with E-state index in [1.165, 1.54) is 11.8 Å². The normalized spacial score (nSPS) is 15.1. The van der Waals surface area contributed by atoms with Crippen molar-refractivity contribution in [2.45, 2.75) is 6.42 Å². The predicted octanol–water partition coefficient (Wildman–Crippen LogP) is 2.77. The van der Waals surface area contributed by atoms with Crippen LogP contribution in [-0.4, -0.2) is 36.6 Å². The summed E-state index contributed by atoms with van der Waals surface area (Å²) in [6.07, 6.45) is 7.90. The Morgan fingerprint density at radius 1 is 1.33 bits per heavy atom. The van der Waals surface area contributed by atoms with E-state index in [0.717, 1.165) is 46.5 Å². The van der Waals surface area contributed by atoms with Gasteiger partial charge in [-0.05, 0) is 42.9 Å². The van der Waals surface area contributed by atoms with Gasteiger partial charge < -0.3 is 15.8 Å². The van der Waals surface area contributed by atoms with Crippen LogP contribution in [0.1, 0.15) is 11.4 Å². The topological polar surface area (TPSA) is 85.4 Å². The van der Waals surface area contributed by atoms with Crippen LogP contribution in [0.4, 0.5) is 5.69 Å². The fraction of sp³-hybridized carbons (Fsp3) is 0.235. The van der Waals surface area contributed by atoms with Crippen molar-refractivity contribution in [2.24, 2.45) is 10.7 Å². The van der Waals surface area contributed by atoms with Gasteiger partial charge in [0.15, 0.2) is 5.01 Å². The van der Waals surface area contributed by atoms with Crippen LogP contribution in [0.2, 0.25) is 0 Å². The van der Waals surface area contributed by atoms with Gasteiger partial charge in [0, 0.05) is 18.8 Å². The molecule has 6 nitrogen and oxygen atoms in total. The highest BCUT2D eigenvalue weighted by Crippen LogP contribution is 2.36. The number of nitrogens with one attached hydrogen (secondary N) is 1. The summed E-state index contributed by atoms with van der Waals surface area (Å²) in [4.78, 5) is 4.30. The summed E-state index contributed by atoms with van der Waals surface area (Å²) >= 11 is 1.58. The molecule has 1 aliphatic rings. The molecule has 1 aromatic heterocycles. The number of nitrogens with zero attached hydrogens (tertiary/aromatic N) is 3. The van der Waals surface area contributed by atoms with E-state index >= 15 is 0 Å². The monoisotopic (exact) mass is 341 g/mol. The van der Waals surface area contributed by atoms with E-state index in [0.29, 0.717) is 0 Å². The molecule has 1 aliphatic heterocycles. The molecular weight excluding hydrogens is 322 g/mol. The van der Waals surface area contributed by atoms with Crippen molar-refractivity contribution in [3.05, 3.63) is 41.6 Å². The Kier molecular flexibility index (Phi) is 5.35. The Bertz CT molecular complexity index is 794. The third kappa shape index (κ3) is 3.69. The smallest absolute Gasteiger partial charge is 0.151 e. The highest BCUT2D eigenvalue weighted by atomic mass is 32.1. The highest BCUT2D eigenvalue weighted by Gasteiger charge is 2.15. The van der Waals surface area contributed by atoms with Crippen LogP contribution in [-0.2, 0) is 0 Å². The van der Waals surface area contributed by atoms with Crippen molar-refractivity contribution < 1.29 is 4.74 Å². The average molecular weight is 341 g/mol. The Hall–Kier alpha value is -2.51. The number of aromatic nitrogens is 2. The summed E-state index contributed by atoms with van der Waals surface area (Å²) in [7, 11) is 1.64. The summed E-state index contributed by atoms with van der Waals surface area (Å²) in [6.45, 7) is 1.87. The Labute approximate surface area is 144 Å². The summed E-state index contributed by atoms with van der Waals surface area (Å²) in [5.74, 6) is 0.725.